The molecule has 3 heterocycles. The van der Waals surface area contributed by atoms with Gasteiger partial charge in [-0.05, 0) is 83.5 Å². The molecule has 3 saturated heterocycles. The molecule has 100 heavy (non-hydrogen) atoms. The fourth-order valence-corrected chi connectivity index (χ4v) is 12.6. The molecule has 3 fully saturated rings. The quantitative estimate of drug-likeness (QED) is 0.0199. The van der Waals surface area contributed by atoms with E-state index in [0.717, 1.165) is 64.2 Å². The molecule has 0 aliphatic carbocycles. The van der Waals surface area contributed by atoms with Crippen LogP contribution in [0, 0.1) is 0 Å². The van der Waals surface area contributed by atoms with Crippen molar-refractivity contribution in [2.75, 3.05) is 26.4 Å². The second kappa shape index (κ2) is 60.7. The Morgan fingerprint density at radius 2 is 0.700 bits per heavy atom. The van der Waals surface area contributed by atoms with Crippen LogP contribution in [0.2, 0.25) is 0 Å². The molecular weight excluding hydrogens is 1270 g/mol. The van der Waals surface area contributed by atoms with E-state index in [2.05, 4.69) is 110 Å². The Morgan fingerprint density at radius 3 is 1.12 bits per heavy atom. The van der Waals surface area contributed by atoms with Crippen molar-refractivity contribution in [3.63, 3.8) is 0 Å². The molecule has 17 atom stereocenters. The van der Waals surface area contributed by atoms with Gasteiger partial charge in [0, 0.05) is 6.42 Å². The molecular formula is C81H139NO18. The molecule has 3 rings (SSSR count). The molecule has 1 amide bonds. The largest absolute Gasteiger partial charge is 0.394 e. The summed E-state index contributed by atoms with van der Waals surface area (Å²) in [7, 11) is 0. The molecule has 0 radical (unpaired) electrons. The van der Waals surface area contributed by atoms with Crippen molar-refractivity contribution < 1.29 is 89.4 Å². The van der Waals surface area contributed by atoms with Crippen LogP contribution in [0.5, 0.6) is 0 Å². The van der Waals surface area contributed by atoms with Gasteiger partial charge in [-0.3, -0.25) is 4.79 Å². The van der Waals surface area contributed by atoms with E-state index in [1.165, 1.54) is 161 Å². The Kier molecular flexibility index (Phi) is 55.0. The summed E-state index contributed by atoms with van der Waals surface area (Å²) in [4.78, 5) is 13.4. The van der Waals surface area contributed by atoms with Crippen LogP contribution < -0.4 is 5.32 Å². The van der Waals surface area contributed by atoms with Crippen molar-refractivity contribution in [1.82, 2.24) is 5.32 Å². The molecule has 19 heteroatoms. The van der Waals surface area contributed by atoms with Gasteiger partial charge in [-0.25, -0.2) is 0 Å². The first-order chi connectivity index (χ1) is 48.8. The van der Waals surface area contributed by atoms with Gasteiger partial charge < -0.3 is 89.9 Å². The minimum atomic E-state index is -1.99. The number of carbonyl (C=O) groups excluding carboxylic acids is 1. The van der Waals surface area contributed by atoms with E-state index in [1.54, 1.807) is 6.08 Å². The van der Waals surface area contributed by atoms with E-state index < -0.39 is 131 Å². The molecule has 19 nitrogen and oxygen atoms in total. The number of ether oxygens (including phenoxy) is 6. The van der Waals surface area contributed by atoms with Crippen LogP contribution in [0.15, 0.2) is 109 Å². The summed E-state index contributed by atoms with van der Waals surface area (Å²) >= 11 is 0. The van der Waals surface area contributed by atoms with Crippen LogP contribution in [0.4, 0.5) is 0 Å². The maximum atomic E-state index is 13.4. The Bertz CT molecular complexity index is 2230. The van der Waals surface area contributed by atoms with E-state index in [0.29, 0.717) is 19.3 Å². The van der Waals surface area contributed by atoms with Gasteiger partial charge in [-0.15, -0.1) is 0 Å². The van der Waals surface area contributed by atoms with Crippen LogP contribution in [-0.4, -0.2) is 193 Å². The summed E-state index contributed by atoms with van der Waals surface area (Å²) in [5, 5.41) is 121. The molecule has 0 saturated carbocycles. The Balaban J connectivity index is 1.41. The highest BCUT2D eigenvalue weighted by molar-refractivity contribution is 5.76. The number of aliphatic hydroxyl groups is 11. The molecule has 17 unspecified atom stereocenters. The molecule has 0 aromatic rings. The van der Waals surface area contributed by atoms with E-state index in [-0.39, 0.29) is 12.3 Å². The predicted molar refractivity (Wildman–Crippen MR) is 397 cm³/mol. The number of amides is 1. The van der Waals surface area contributed by atoms with Gasteiger partial charge >= 0.3 is 0 Å². The third-order valence-corrected chi connectivity index (χ3v) is 18.8. The molecule has 0 spiro atoms. The van der Waals surface area contributed by atoms with E-state index in [9.17, 15) is 61.0 Å². The zero-order chi connectivity index (χ0) is 72.5. The first-order valence-corrected chi connectivity index (χ1v) is 39.1. The standard InChI is InChI=1S/C81H139NO18/c1-3-5-7-9-11-13-15-17-19-21-23-25-27-28-29-30-31-32-33-34-35-37-38-40-42-44-46-48-50-52-54-56-58-65(86)64(82-69(87)59-57-55-53-51-49-47-45-43-41-39-36-26-24-22-20-18-16-14-12-10-8-6-4-2)63-95-79-75(93)72(90)77(67(61-84)97-79)100-81-76(94)73(91)78(68(62-85)98-81)99-80-74(92)71(89)70(88)66(60-83)96-80/h6,8,12,14,18,20,24,26,39,41,45,47-48,50-51,53,56,58,64-68,70-81,83-86,88-94H,3-5,7,9-11,13,15-17,19,21-23,25,27-38,40,42-44,46,49,52,54-55,57,59-63H2,1-2H3,(H,82,87)/b8-6-,14-12-,20-18-,26-24-,41-39-,47-45-,50-48+,53-51-,58-56+. The fraction of sp³-hybridized carbons (Fsp3) is 0.765. The monoisotopic (exact) mass is 1410 g/mol. The number of aliphatic hydroxyl groups excluding tert-OH is 11. The number of unbranched alkanes of at least 4 members (excludes halogenated alkanes) is 28. The van der Waals surface area contributed by atoms with Crippen molar-refractivity contribution in [1.29, 1.82) is 0 Å². The van der Waals surface area contributed by atoms with Crippen LogP contribution in [0.3, 0.4) is 0 Å². The third-order valence-electron chi connectivity index (χ3n) is 18.8. The summed E-state index contributed by atoms with van der Waals surface area (Å²) in [6.45, 7) is 1.57. The summed E-state index contributed by atoms with van der Waals surface area (Å²) in [5.41, 5.74) is 0. The molecule has 0 aromatic carbocycles. The highest BCUT2D eigenvalue weighted by atomic mass is 16.8. The minimum absolute atomic E-state index is 0.149. The lowest BCUT2D eigenvalue weighted by molar-refractivity contribution is -0.379. The van der Waals surface area contributed by atoms with Gasteiger partial charge in [0.05, 0.1) is 38.6 Å². The maximum absolute atomic E-state index is 13.4. The topological polar surface area (TPSA) is 307 Å². The maximum Gasteiger partial charge on any atom is 0.220 e. The summed E-state index contributed by atoms with van der Waals surface area (Å²) in [5.74, 6) is -0.345. The zero-order valence-corrected chi connectivity index (χ0v) is 61.4. The minimum Gasteiger partial charge on any atom is -0.394 e. The summed E-state index contributed by atoms with van der Waals surface area (Å²) in [6, 6.07) is -1.03. The highest BCUT2D eigenvalue weighted by Gasteiger charge is 2.53. The average molecular weight is 1410 g/mol. The van der Waals surface area contributed by atoms with Crippen molar-refractivity contribution in [2.45, 2.75) is 369 Å². The van der Waals surface area contributed by atoms with Crippen LogP contribution in [0.25, 0.3) is 0 Å². The van der Waals surface area contributed by atoms with Gasteiger partial charge in [-0.2, -0.15) is 0 Å². The lowest BCUT2D eigenvalue weighted by atomic mass is 9.96. The first-order valence-electron chi connectivity index (χ1n) is 39.1. The number of hydrogen-bond donors (Lipinski definition) is 12. The lowest BCUT2D eigenvalue weighted by Crippen LogP contribution is -2.66. The Morgan fingerprint density at radius 1 is 0.370 bits per heavy atom. The van der Waals surface area contributed by atoms with Crippen LogP contribution >= 0.6 is 0 Å². The number of carbonyl (C=O) groups is 1. The van der Waals surface area contributed by atoms with E-state index >= 15 is 0 Å². The summed E-state index contributed by atoms with van der Waals surface area (Å²) < 4.78 is 34.4. The van der Waals surface area contributed by atoms with Crippen molar-refractivity contribution in [2.24, 2.45) is 0 Å². The molecule has 576 valence electrons. The highest BCUT2D eigenvalue weighted by Crippen LogP contribution is 2.33. The zero-order valence-electron chi connectivity index (χ0n) is 61.4. The molecule has 0 aromatic heterocycles. The van der Waals surface area contributed by atoms with E-state index in [4.69, 9.17) is 28.4 Å². The van der Waals surface area contributed by atoms with E-state index in [1.807, 2.05) is 12.2 Å². The van der Waals surface area contributed by atoms with Gasteiger partial charge in [0.1, 0.15) is 73.2 Å². The second-order valence-electron chi connectivity index (χ2n) is 27.4. The second-order valence-corrected chi connectivity index (χ2v) is 27.4. The molecule has 3 aliphatic rings. The SMILES string of the molecule is CC/C=C\C/C=C\C/C=C\C/C=C\C/C=C\C/C=C\C/C=C\CCCC(=O)NC(COC1OC(CO)C(OC2OC(CO)C(OC3OC(CO)C(O)C(O)C3O)C(O)C2O)C(O)C1O)C(O)/C=C/CC/C=C/CCCCCCCCCCCCCCCCCCCCCCCCCCCC. The average Bonchev–Trinajstić information content (AvgIpc) is 0.783. The van der Waals surface area contributed by atoms with Crippen LogP contribution in [-0.2, 0) is 33.2 Å². The number of allylic oxidation sites excluding steroid dienone is 17. The van der Waals surface area contributed by atoms with Crippen LogP contribution in [0.1, 0.15) is 264 Å². The third kappa shape index (κ3) is 40.6. The van der Waals surface area contributed by atoms with Crippen molar-refractivity contribution in [3.8, 4) is 0 Å². The summed E-state index contributed by atoms with van der Waals surface area (Å²) in [6.07, 6.45) is 56.6. The Hall–Kier alpha value is -3.55. The number of rotatable bonds is 60. The smallest absolute Gasteiger partial charge is 0.220 e. The van der Waals surface area contributed by atoms with Gasteiger partial charge in [0.15, 0.2) is 18.9 Å². The predicted octanol–water partition coefficient (Wildman–Crippen LogP) is 12.6. The normalized spacial score (nSPS) is 27.1. The first kappa shape index (κ1) is 90.7. The van der Waals surface area contributed by atoms with Gasteiger partial charge in [0.2, 0.25) is 5.91 Å². The van der Waals surface area contributed by atoms with Crippen molar-refractivity contribution in [3.05, 3.63) is 109 Å². The van der Waals surface area contributed by atoms with Gasteiger partial charge in [0.25, 0.3) is 0 Å². The molecule has 0 bridgehead atoms. The molecule has 3 aliphatic heterocycles. The molecule has 12 N–H and O–H groups in total. The fourth-order valence-electron chi connectivity index (χ4n) is 12.6. The van der Waals surface area contributed by atoms with Crippen molar-refractivity contribution >= 4 is 5.91 Å². The van der Waals surface area contributed by atoms with Gasteiger partial charge in [-0.1, -0.05) is 284 Å². The number of hydrogen-bond acceptors (Lipinski definition) is 18. The number of nitrogens with one attached hydrogen (secondary N) is 1. The lowest BCUT2D eigenvalue weighted by Gasteiger charge is -2.48. The Labute approximate surface area is 602 Å².